The van der Waals surface area contributed by atoms with Gasteiger partial charge in [0.2, 0.25) is 0 Å². The number of nitrogens with two attached hydrogens (primary N) is 1. The highest BCUT2D eigenvalue weighted by molar-refractivity contribution is 5.88. The molecule has 15 heavy (non-hydrogen) atoms. The Bertz CT molecular complexity index is 253. The number of nitrogens with zero attached hydrogens (tertiary/aromatic N) is 1. The second-order valence-electron chi connectivity index (χ2n) is 5.13. The second-order valence-corrected chi connectivity index (χ2v) is 5.13. The largest absolute Gasteiger partial charge is 0.317 e. The molecule has 1 saturated heterocycles. The molecule has 0 aromatic carbocycles. The van der Waals surface area contributed by atoms with Crippen LogP contribution in [-0.2, 0) is 4.79 Å². The quantitative estimate of drug-likeness (QED) is 0.709. The van der Waals surface area contributed by atoms with E-state index in [1.54, 1.807) is 0 Å². The van der Waals surface area contributed by atoms with Crippen molar-refractivity contribution in [2.45, 2.75) is 63.6 Å². The average Bonchev–Trinajstić information content (AvgIpc) is 2.91. The highest BCUT2D eigenvalue weighted by Gasteiger charge is 2.47. The molecule has 1 saturated carbocycles. The smallest absolute Gasteiger partial charge is 0.254 e. The van der Waals surface area contributed by atoms with E-state index in [0.717, 1.165) is 25.7 Å². The normalized spacial score (nSPS) is 34.9. The molecule has 2 unspecified atom stereocenters. The van der Waals surface area contributed by atoms with E-state index in [0.29, 0.717) is 12.1 Å². The molecule has 4 nitrogen and oxygen atoms in total. The van der Waals surface area contributed by atoms with E-state index in [9.17, 15) is 4.79 Å². The maximum absolute atomic E-state index is 11.8. The van der Waals surface area contributed by atoms with Crippen LogP contribution in [0.4, 0.5) is 0 Å². The average molecular weight is 211 g/mol. The standard InChI is InChI=1S/C11H21N3O/c1-8-4-3-5-9(2)14(8)13-10(15)11(12)6-7-11/h8-9H,3-7,12H2,1-2H3,(H,13,15). The van der Waals surface area contributed by atoms with Gasteiger partial charge in [0.15, 0.2) is 0 Å². The van der Waals surface area contributed by atoms with Gasteiger partial charge < -0.3 is 5.73 Å². The Balaban J connectivity index is 1.94. The molecule has 1 amide bonds. The van der Waals surface area contributed by atoms with E-state index in [-0.39, 0.29) is 5.91 Å². The van der Waals surface area contributed by atoms with Crippen molar-refractivity contribution in [1.82, 2.24) is 10.4 Å². The van der Waals surface area contributed by atoms with Gasteiger partial charge in [-0.3, -0.25) is 10.2 Å². The minimum absolute atomic E-state index is 0.00287. The number of rotatable bonds is 2. The van der Waals surface area contributed by atoms with Gasteiger partial charge in [-0.15, -0.1) is 0 Å². The summed E-state index contributed by atoms with van der Waals surface area (Å²) in [6.07, 6.45) is 5.22. The first-order valence-corrected chi connectivity index (χ1v) is 5.91. The van der Waals surface area contributed by atoms with Crippen LogP contribution in [0.25, 0.3) is 0 Å². The highest BCUT2D eigenvalue weighted by Crippen LogP contribution is 2.32. The summed E-state index contributed by atoms with van der Waals surface area (Å²) in [4.78, 5) is 11.8. The molecular formula is C11H21N3O. The molecule has 1 aliphatic heterocycles. The monoisotopic (exact) mass is 211 g/mol. The Morgan fingerprint density at radius 2 is 1.87 bits per heavy atom. The van der Waals surface area contributed by atoms with Crippen LogP contribution in [0.2, 0.25) is 0 Å². The molecule has 2 fully saturated rings. The molecule has 0 spiro atoms. The first kappa shape index (κ1) is 10.9. The second kappa shape index (κ2) is 3.76. The minimum Gasteiger partial charge on any atom is -0.317 e. The first-order chi connectivity index (χ1) is 7.03. The summed E-state index contributed by atoms with van der Waals surface area (Å²) < 4.78 is 0. The van der Waals surface area contributed by atoms with Crippen molar-refractivity contribution < 1.29 is 4.79 Å². The number of piperidine rings is 1. The molecule has 0 aromatic heterocycles. The fourth-order valence-corrected chi connectivity index (χ4v) is 2.23. The number of hydrogen-bond acceptors (Lipinski definition) is 3. The highest BCUT2D eigenvalue weighted by atomic mass is 16.2. The molecule has 2 rings (SSSR count). The third-order valence-corrected chi connectivity index (χ3v) is 3.67. The van der Waals surface area contributed by atoms with Gasteiger partial charge in [-0.05, 0) is 39.5 Å². The Labute approximate surface area is 91.2 Å². The maximum atomic E-state index is 11.8. The molecule has 3 N–H and O–H groups in total. The lowest BCUT2D eigenvalue weighted by atomic mass is 10.00. The first-order valence-electron chi connectivity index (χ1n) is 5.91. The molecule has 1 heterocycles. The van der Waals surface area contributed by atoms with Crippen LogP contribution in [0.15, 0.2) is 0 Å². The van der Waals surface area contributed by atoms with Crippen molar-refractivity contribution in [1.29, 1.82) is 0 Å². The van der Waals surface area contributed by atoms with E-state index in [1.807, 2.05) is 0 Å². The van der Waals surface area contributed by atoms with Crippen molar-refractivity contribution >= 4 is 5.91 Å². The van der Waals surface area contributed by atoms with Gasteiger partial charge in [0.1, 0.15) is 0 Å². The molecule has 86 valence electrons. The topological polar surface area (TPSA) is 58.4 Å². The zero-order chi connectivity index (χ0) is 11.1. The molecule has 0 aromatic rings. The van der Waals surface area contributed by atoms with E-state index in [1.165, 1.54) is 6.42 Å². The predicted molar refractivity (Wildman–Crippen MR) is 58.9 cm³/mol. The SMILES string of the molecule is CC1CCCC(C)N1NC(=O)C1(N)CC1. The molecule has 0 bridgehead atoms. The van der Waals surface area contributed by atoms with Gasteiger partial charge >= 0.3 is 0 Å². The van der Waals surface area contributed by atoms with Crippen molar-refractivity contribution in [3.63, 3.8) is 0 Å². The van der Waals surface area contributed by atoms with E-state index >= 15 is 0 Å². The molecule has 0 radical (unpaired) electrons. The summed E-state index contributed by atoms with van der Waals surface area (Å²) in [6.45, 7) is 4.32. The van der Waals surface area contributed by atoms with Crippen LogP contribution in [0.5, 0.6) is 0 Å². The van der Waals surface area contributed by atoms with E-state index in [4.69, 9.17) is 5.73 Å². The molecule has 4 heteroatoms. The summed E-state index contributed by atoms with van der Waals surface area (Å²) in [5, 5.41) is 2.08. The maximum Gasteiger partial charge on any atom is 0.254 e. The van der Waals surface area contributed by atoms with Crippen LogP contribution < -0.4 is 11.2 Å². The van der Waals surface area contributed by atoms with Gasteiger partial charge in [0.25, 0.3) is 5.91 Å². The number of hydrogen-bond donors (Lipinski definition) is 2. The number of carbonyl (C=O) groups excluding carboxylic acids is 1. The fourth-order valence-electron chi connectivity index (χ4n) is 2.23. The summed E-state index contributed by atoms with van der Waals surface area (Å²) in [7, 11) is 0. The zero-order valence-electron chi connectivity index (χ0n) is 9.62. The van der Waals surface area contributed by atoms with Crippen LogP contribution in [0.1, 0.15) is 46.0 Å². The van der Waals surface area contributed by atoms with Gasteiger partial charge in [-0.2, -0.15) is 0 Å². The van der Waals surface area contributed by atoms with Gasteiger partial charge in [0.05, 0.1) is 5.54 Å². The van der Waals surface area contributed by atoms with Crippen molar-refractivity contribution in [3.8, 4) is 0 Å². The molecule has 2 aliphatic rings. The summed E-state index contributed by atoms with van der Waals surface area (Å²) in [5.41, 5.74) is 8.29. The van der Waals surface area contributed by atoms with Crippen molar-refractivity contribution in [2.75, 3.05) is 0 Å². The van der Waals surface area contributed by atoms with E-state index in [2.05, 4.69) is 24.3 Å². The lowest BCUT2D eigenvalue weighted by Gasteiger charge is -2.39. The predicted octanol–water partition coefficient (Wildman–Crippen LogP) is 0.772. The number of hydrazine groups is 1. The molecule has 2 atom stereocenters. The van der Waals surface area contributed by atoms with Crippen LogP contribution >= 0.6 is 0 Å². The zero-order valence-corrected chi connectivity index (χ0v) is 9.62. The van der Waals surface area contributed by atoms with Gasteiger partial charge in [-0.1, -0.05) is 6.42 Å². The van der Waals surface area contributed by atoms with Crippen molar-refractivity contribution in [2.24, 2.45) is 5.73 Å². The van der Waals surface area contributed by atoms with Gasteiger partial charge in [-0.25, -0.2) is 5.01 Å². The number of nitrogens with one attached hydrogen (secondary N) is 1. The Morgan fingerprint density at radius 3 is 2.33 bits per heavy atom. The lowest BCUT2D eigenvalue weighted by molar-refractivity contribution is -0.131. The van der Waals surface area contributed by atoms with Crippen LogP contribution in [0, 0.1) is 0 Å². The van der Waals surface area contributed by atoms with E-state index < -0.39 is 5.54 Å². The number of carbonyl (C=O) groups is 1. The number of amides is 1. The summed E-state index contributed by atoms with van der Waals surface area (Å²) in [6, 6.07) is 0.861. The van der Waals surface area contributed by atoms with Gasteiger partial charge in [0, 0.05) is 12.1 Å². The van der Waals surface area contributed by atoms with Crippen molar-refractivity contribution in [3.05, 3.63) is 0 Å². The lowest BCUT2D eigenvalue weighted by Crippen LogP contribution is -2.58. The third kappa shape index (κ3) is 2.16. The minimum atomic E-state index is -0.559. The summed E-state index contributed by atoms with van der Waals surface area (Å²) in [5.74, 6) is 0.00287. The Kier molecular flexibility index (Phi) is 2.73. The fraction of sp³-hybridized carbons (Fsp3) is 0.909. The molecular weight excluding hydrogens is 190 g/mol. The van der Waals surface area contributed by atoms with Crippen LogP contribution in [0.3, 0.4) is 0 Å². The summed E-state index contributed by atoms with van der Waals surface area (Å²) >= 11 is 0. The Hall–Kier alpha value is -0.610. The Morgan fingerprint density at radius 1 is 1.33 bits per heavy atom. The molecule has 1 aliphatic carbocycles. The third-order valence-electron chi connectivity index (χ3n) is 3.67. The van der Waals surface area contributed by atoms with Crippen LogP contribution in [-0.4, -0.2) is 28.5 Å².